The van der Waals surface area contributed by atoms with Gasteiger partial charge in [-0.2, -0.15) is 0 Å². The van der Waals surface area contributed by atoms with Gasteiger partial charge in [0, 0.05) is 46.8 Å². The van der Waals surface area contributed by atoms with E-state index in [1.165, 1.54) is 111 Å². The van der Waals surface area contributed by atoms with Gasteiger partial charge in [-0.15, -0.1) is 6.58 Å². The molecule has 0 bridgehead atoms. The van der Waals surface area contributed by atoms with E-state index < -0.39 is 0 Å². The van der Waals surface area contributed by atoms with E-state index >= 15 is 0 Å². The van der Waals surface area contributed by atoms with Crippen LogP contribution in [-0.2, 0) is 11.8 Å². The van der Waals surface area contributed by atoms with Crippen LogP contribution in [0.1, 0.15) is 194 Å². The predicted molar refractivity (Wildman–Crippen MR) is 336 cm³/mol. The third-order valence-corrected chi connectivity index (χ3v) is 13.9. The van der Waals surface area contributed by atoms with Crippen molar-refractivity contribution in [3.05, 3.63) is 196 Å². The fraction of sp³-hybridized carbons (Fsp3) is 0.408. The summed E-state index contributed by atoms with van der Waals surface area (Å²) in [5.74, 6) is 0.642. The second kappa shape index (κ2) is 33.1. The Kier molecular flexibility index (Phi) is 27.9. The number of rotatable bonds is 10. The zero-order valence-electron chi connectivity index (χ0n) is 49.1. The molecular weight excluding hydrogens is 895 g/mol. The van der Waals surface area contributed by atoms with Crippen molar-refractivity contribution in [2.75, 3.05) is 16.3 Å². The molecule has 9 rings (SSSR count). The van der Waals surface area contributed by atoms with E-state index in [4.69, 9.17) is 5.73 Å². The van der Waals surface area contributed by atoms with Gasteiger partial charge in [-0.3, -0.25) is 0 Å². The summed E-state index contributed by atoms with van der Waals surface area (Å²) in [6.45, 7) is 35.9. The van der Waals surface area contributed by atoms with Crippen LogP contribution in [0.3, 0.4) is 0 Å². The molecule has 0 radical (unpaired) electrons. The average molecular weight is 995 g/mol. The summed E-state index contributed by atoms with van der Waals surface area (Å²) in [4.78, 5) is 5.07. The maximum Gasteiger partial charge on any atom is 0.0445 e. The number of fused-ring (bicyclic) bond motifs is 4. The van der Waals surface area contributed by atoms with Crippen LogP contribution in [0, 0.1) is 5.92 Å². The maximum absolute atomic E-state index is 5.19. The Morgan fingerprint density at radius 1 is 0.622 bits per heavy atom. The number of para-hydroxylation sites is 1. The summed E-state index contributed by atoms with van der Waals surface area (Å²) in [7, 11) is 0. The molecule has 0 spiro atoms. The first-order chi connectivity index (χ1) is 36.0. The van der Waals surface area contributed by atoms with E-state index in [0.717, 1.165) is 19.3 Å². The number of nitrogens with two attached hydrogens (primary N) is 1. The highest BCUT2D eigenvalue weighted by molar-refractivity contribution is 5.85. The summed E-state index contributed by atoms with van der Waals surface area (Å²) < 4.78 is 0. The first-order valence-corrected chi connectivity index (χ1v) is 28.9. The number of allylic oxidation sites excluding steroid dienone is 5. The monoisotopic (exact) mass is 994 g/mol. The van der Waals surface area contributed by atoms with Crippen LogP contribution >= 0.6 is 0 Å². The lowest BCUT2D eigenvalue weighted by atomic mass is 9.73. The van der Waals surface area contributed by atoms with Crippen LogP contribution in [0.4, 0.5) is 17.1 Å². The highest BCUT2D eigenvalue weighted by Crippen LogP contribution is 2.53. The van der Waals surface area contributed by atoms with Gasteiger partial charge in [0.15, 0.2) is 0 Å². The fourth-order valence-corrected chi connectivity index (χ4v) is 10.4. The molecule has 0 aromatic heterocycles. The molecule has 2 unspecified atom stereocenters. The van der Waals surface area contributed by atoms with Crippen LogP contribution < -0.4 is 15.5 Å². The first kappa shape index (κ1) is 62.4. The molecule has 5 aromatic rings. The number of nitrogens with zero attached hydrogens (tertiary/aromatic N) is 2. The van der Waals surface area contributed by atoms with Crippen LogP contribution in [0.5, 0.6) is 0 Å². The topological polar surface area (TPSA) is 32.5 Å². The van der Waals surface area contributed by atoms with Gasteiger partial charge in [0.1, 0.15) is 0 Å². The van der Waals surface area contributed by atoms with Gasteiger partial charge >= 0.3 is 0 Å². The maximum atomic E-state index is 5.19. The quantitative estimate of drug-likeness (QED) is 0.112. The van der Waals surface area contributed by atoms with E-state index in [9.17, 15) is 0 Å². The zero-order valence-corrected chi connectivity index (χ0v) is 49.1. The lowest BCUT2D eigenvalue weighted by Gasteiger charge is -2.39. The van der Waals surface area contributed by atoms with E-state index in [1.807, 2.05) is 54.5 Å². The van der Waals surface area contributed by atoms with Gasteiger partial charge in [-0.1, -0.05) is 217 Å². The van der Waals surface area contributed by atoms with Crippen molar-refractivity contribution in [2.45, 2.75) is 179 Å². The molecule has 74 heavy (non-hydrogen) atoms. The van der Waals surface area contributed by atoms with Crippen LogP contribution in [-0.4, -0.2) is 18.6 Å². The Bertz CT molecular complexity index is 2560. The fourth-order valence-electron chi connectivity index (χ4n) is 10.4. The van der Waals surface area contributed by atoms with Crippen LogP contribution in [0.2, 0.25) is 0 Å². The molecule has 398 valence electrons. The summed E-state index contributed by atoms with van der Waals surface area (Å²) >= 11 is 0. The van der Waals surface area contributed by atoms with Crippen molar-refractivity contribution in [3.63, 3.8) is 0 Å². The van der Waals surface area contributed by atoms with Crippen molar-refractivity contribution >= 4 is 41.4 Å². The Balaban J connectivity index is 0.000000666. The number of benzene rings is 5. The Morgan fingerprint density at radius 3 is 1.54 bits per heavy atom. The minimum Gasteiger partial charge on any atom is -0.339 e. The summed E-state index contributed by atoms with van der Waals surface area (Å²) in [6.07, 6.45) is 30.3. The van der Waals surface area contributed by atoms with Crippen LogP contribution in [0.25, 0.3) is 35.4 Å². The molecule has 0 saturated carbocycles. The number of hydrogen-bond donors (Lipinski definition) is 1. The van der Waals surface area contributed by atoms with Crippen molar-refractivity contribution in [3.8, 4) is 11.1 Å². The molecule has 3 heteroatoms. The summed E-state index contributed by atoms with van der Waals surface area (Å²) in [5, 5.41) is 0. The average Bonchev–Trinajstić information content (AvgIpc) is 3.72. The van der Waals surface area contributed by atoms with Crippen molar-refractivity contribution in [2.24, 2.45) is 11.7 Å². The van der Waals surface area contributed by atoms with Crippen molar-refractivity contribution in [1.29, 1.82) is 0 Å². The molecule has 2 N–H and O–H groups in total. The smallest absolute Gasteiger partial charge is 0.0445 e. The van der Waals surface area contributed by atoms with E-state index in [0.29, 0.717) is 24.5 Å². The highest BCUT2D eigenvalue weighted by Gasteiger charge is 2.40. The molecule has 0 saturated heterocycles. The minimum absolute atomic E-state index is 0.00926. The van der Waals surface area contributed by atoms with Gasteiger partial charge in [-0.25, -0.2) is 0 Å². The van der Waals surface area contributed by atoms with Gasteiger partial charge < -0.3 is 15.5 Å². The summed E-state index contributed by atoms with van der Waals surface area (Å²) in [6, 6.07) is 42.4. The van der Waals surface area contributed by atoms with Gasteiger partial charge in [0.25, 0.3) is 0 Å². The predicted octanol–water partition coefficient (Wildman–Crippen LogP) is 21.0. The van der Waals surface area contributed by atoms with Gasteiger partial charge in [0.2, 0.25) is 0 Å². The number of aryl methyl sites for hydroxylation is 1. The molecular formula is C71H99N3. The molecule has 5 aromatic carbocycles. The van der Waals surface area contributed by atoms with Gasteiger partial charge in [0.05, 0.1) is 0 Å². The molecule has 3 nitrogen and oxygen atoms in total. The largest absolute Gasteiger partial charge is 0.339 e. The van der Waals surface area contributed by atoms with Crippen LogP contribution in [0.15, 0.2) is 157 Å². The molecule has 2 heterocycles. The Hall–Kier alpha value is -5.90. The van der Waals surface area contributed by atoms with Gasteiger partial charge in [-0.05, 0) is 170 Å². The lowest BCUT2D eigenvalue weighted by molar-refractivity contribution is 0.490. The third kappa shape index (κ3) is 16.1. The van der Waals surface area contributed by atoms with Crippen molar-refractivity contribution in [1.82, 2.24) is 0 Å². The number of hydrogen-bond acceptors (Lipinski definition) is 3. The molecule has 2 aliphatic heterocycles. The standard InChI is InChI=1S/C53H54N2.C6H13N.C3H8.C3H6.3C2H6/c1-5-53(6-2)49-35-41(19-17-39-21-29-45(30-22-39)54-37(3)15-27-43-11-7-9-13-51(43)54)25-33-47(49)48-34-26-42(36-50(48)53)20-18-40-23-31-46(32-24-40)55-38(4)16-28-44-12-8-10-14-52(44)55;1-6(2)4-3-5-7;2*1-3-2;3*1-2/h7,9-11,13-14,17-26,29-38H,5-6,8,12,15-16,27-28H2,1-4H3;3-4,6H,5,7H2,1-2H3;3H2,1-2H3;3H,1H2,2H3;3*1-2H3/b19-17+,20-18+;4-3-;;;;;. The Morgan fingerprint density at radius 2 is 1.07 bits per heavy atom. The molecule has 4 aliphatic rings. The molecule has 2 aliphatic carbocycles. The lowest BCUT2D eigenvalue weighted by Crippen LogP contribution is -2.36. The second-order valence-electron chi connectivity index (χ2n) is 19.3. The SMILES string of the molecule is C=CC.CC.CC.CC.CC(C)/C=C\CN.CCC.CCC1(CC)c2cc(/C=C/c3ccc(N4C5=C(CCC=C5)CCC4C)cc3)ccc2-c2ccc(/C=C/c3ccc(N4c5ccccc5CCC4C)cc3)cc21. The zero-order chi connectivity index (χ0) is 54.6. The normalized spacial score (nSPS) is 16.5. The molecule has 0 fully saturated rings. The summed E-state index contributed by atoms with van der Waals surface area (Å²) in [5.41, 5.74) is 24.3. The molecule has 0 amide bonds. The Labute approximate surface area is 453 Å². The van der Waals surface area contributed by atoms with E-state index in [2.05, 4.69) is 223 Å². The minimum atomic E-state index is 0.00926. The van der Waals surface area contributed by atoms with E-state index in [1.54, 1.807) is 11.6 Å². The number of anilines is 3. The van der Waals surface area contributed by atoms with E-state index in [-0.39, 0.29) is 5.41 Å². The van der Waals surface area contributed by atoms with Crippen molar-refractivity contribution < 1.29 is 0 Å². The molecule has 2 atom stereocenters. The highest BCUT2D eigenvalue weighted by atomic mass is 15.2. The second-order valence-corrected chi connectivity index (χ2v) is 19.3. The third-order valence-electron chi connectivity index (χ3n) is 13.9. The first-order valence-electron chi connectivity index (χ1n) is 28.9.